The van der Waals surface area contributed by atoms with Crippen molar-refractivity contribution in [3.63, 3.8) is 0 Å². The first-order valence-corrected chi connectivity index (χ1v) is 11.4. The van der Waals surface area contributed by atoms with Gasteiger partial charge in [0.05, 0.1) is 10.7 Å². The minimum Gasteiger partial charge on any atom is -0.485 e. The Balaban J connectivity index is 1.24. The Morgan fingerprint density at radius 3 is 2.34 bits per heavy atom. The van der Waals surface area contributed by atoms with Gasteiger partial charge < -0.3 is 19.3 Å². The van der Waals surface area contributed by atoms with Crippen LogP contribution in [0.3, 0.4) is 0 Å². The lowest BCUT2D eigenvalue weighted by atomic mass is 10.1. The second-order valence-corrected chi connectivity index (χ2v) is 8.96. The van der Waals surface area contributed by atoms with E-state index >= 15 is 0 Å². The maximum absolute atomic E-state index is 13.3. The molecule has 8 heteroatoms. The summed E-state index contributed by atoms with van der Waals surface area (Å²) < 4.78 is 11.5. The number of amides is 2. The molecule has 0 bridgehead atoms. The lowest BCUT2D eigenvalue weighted by Crippen LogP contribution is -2.55. The van der Waals surface area contributed by atoms with Gasteiger partial charge in [0.1, 0.15) is 11.5 Å². The molecule has 2 aliphatic rings. The molecule has 0 radical (unpaired) electrons. The van der Waals surface area contributed by atoms with Crippen molar-refractivity contribution in [3.8, 4) is 22.8 Å². The molecule has 1 atom stereocenters. The molecule has 32 heavy (non-hydrogen) atoms. The van der Waals surface area contributed by atoms with Crippen LogP contribution in [0.1, 0.15) is 14.7 Å². The highest BCUT2D eigenvalue weighted by molar-refractivity contribution is 7.14. The largest absolute Gasteiger partial charge is 0.485 e. The number of nitrogens with zero attached hydrogens (tertiary/aromatic N) is 3. The fourth-order valence-electron chi connectivity index (χ4n) is 3.98. The summed E-state index contributed by atoms with van der Waals surface area (Å²) in [5, 5.41) is 0.857. The van der Waals surface area contributed by atoms with E-state index in [0.717, 1.165) is 16.3 Å². The third-order valence-corrected chi connectivity index (χ3v) is 6.60. The fraction of sp³-hybridized carbons (Fsp3) is 0.292. The smallest absolute Gasteiger partial charge is 0.267 e. The van der Waals surface area contributed by atoms with E-state index in [1.54, 1.807) is 15.9 Å². The van der Waals surface area contributed by atoms with Crippen LogP contribution in [0.15, 0.2) is 54.6 Å². The Kier molecular flexibility index (Phi) is 5.53. The lowest BCUT2D eigenvalue weighted by molar-refractivity contribution is -0.142. The number of aromatic nitrogens is 1. The van der Waals surface area contributed by atoms with Gasteiger partial charge in [0.2, 0.25) is 6.10 Å². The van der Waals surface area contributed by atoms with Gasteiger partial charge in [0, 0.05) is 31.7 Å². The number of carbonyl (C=O) groups excluding carboxylic acids is 2. The second kappa shape index (κ2) is 8.63. The van der Waals surface area contributed by atoms with Crippen LogP contribution in [-0.2, 0) is 4.79 Å². The topological polar surface area (TPSA) is 72.0 Å². The maximum Gasteiger partial charge on any atom is 0.267 e. The molecule has 2 aliphatic heterocycles. The molecular weight excluding hydrogens is 426 g/mol. The highest BCUT2D eigenvalue weighted by Crippen LogP contribution is 2.32. The predicted molar refractivity (Wildman–Crippen MR) is 121 cm³/mol. The van der Waals surface area contributed by atoms with Gasteiger partial charge in [-0.25, -0.2) is 4.98 Å². The Morgan fingerprint density at radius 1 is 0.938 bits per heavy atom. The summed E-state index contributed by atoms with van der Waals surface area (Å²) in [4.78, 5) is 35.0. The van der Waals surface area contributed by atoms with Crippen molar-refractivity contribution < 1.29 is 19.1 Å². The van der Waals surface area contributed by atoms with Gasteiger partial charge >= 0.3 is 0 Å². The molecule has 0 N–H and O–H groups in total. The number of fused-ring (bicyclic) bond motifs is 1. The molecule has 5 rings (SSSR count). The predicted octanol–water partition coefficient (Wildman–Crippen LogP) is 3.24. The quantitative estimate of drug-likeness (QED) is 0.614. The van der Waals surface area contributed by atoms with Crippen LogP contribution in [-0.4, -0.2) is 65.5 Å². The Morgan fingerprint density at radius 2 is 1.59 bits per heavy atom. The number of carbonyl (C=O) groups is 2. The van der Waals surface area contributed by atoms with E-state index in [2.05, 4.69) is 4.98 Å². The van der Waals surface area contributed by atoms with Gasteiger partial charge in [-0.15, -0.1) is 11.3 Å². The normalized spacial score (nSPS) is 17.8. The van der Waals surface area contributed by atoms with Gasteiger partial charge in [-0.05, 0) is 19.1 Å². The molecule has 0 aliphatic carbocycles. The number of piperazine rings is 1. The van der Waals surface area contributed by atoms with Crippen LogP contribution in [0.4, 0.5) is 0 Å². The summed E-state index contributed by atoms with van der Waals surface area (Å²) in [6, 6.07) is 17.1. The van der Waals surface area contributed by atoms with Crippen LogP contribution >= 0.6 is 11.3 Å². The number of aryl methyl sites for hydroxylation is 1. The second-order valence-electron chi connectivity index (χ2n) is 7.76. The van der Waals surface area contributed by atoms with Crippen LogP contribution in [0.5, 0.6) is 11.5 Å². The minimum absolute atomic E-state index is 0.0345. The summed E-state index contributed by atoms with van der Waals surface area (Å²) in [7, 11) is 0. The van der Waals surface area contributed by atoms with E-state index in [1.165, 1.54) is 11.3 Å². The Bertz CT molecular complexity index is 1140. The van der Waals surface area contributed by atoms with Crippen molar-refractivity contribution in [2.75, 3.05) is 32.8 Å². The fourth-order valence-corrected chi connectivity index (χ4v) is 4.89. The molecule has 7 nitrogen and oxygen atoms in total. The maximum atomic E-state index is 13.3. The van der Waals surface area contributed by atoms with Crippen molar-refractivity contribution in [3.05, 3.63) is 64.5 Å². The highest BCUT2D eigenvalue weighted by Gasteiger charge is 2.34. The van der Waals surface area contributed by atoms with Crippen molar-refractivity contribution in [2.24, 2.45) is 0 Å². The van der Waals surface area contributed by atoms with Gasteiger partial charge in [0.15, 0.2) is 11.5 Å². The number of thiazole rings is 1. The monoisotopic (exact) mass is 449 g/mol. The molecule has 1 saturated heterocycles. The SMILES string of the molecule is Cc1nc(-c2ccccc2)c(C(=O)N2CCN(C(=O)C3COc4ccccc4O3)CC2)s1. The summed E-state index contributed by atoms with van der Waals surface area (Å²) >= 11 is 1.41. The van der Waals surface area contributed by atoms with Crippen LogP contribution in [0.2, 0.25) is 0 Å². The first-order valence-electron chi connectivity index (χ1n) is 10.6. The summed E-state index contributed by atoms with van der Waals surface area (Å²) in [5.74, 6) is 1.10. The van der Waals surface area contributed by atoms with Crippen LogP contribution in [0.25, 0.3) is 11.3 Å². The molecule has 1 aromatic heterocycles. The van der Waals surface area contributed by atoms with Crippen LogP contribution in [0, 0.1) is 6.92 Å². The van der Waals surface area contributed by atoms with Crippen molar-refractivity contribution in [2.45, 2.75) is 13.0 Å². The first-order chi connectivity index (χ1) is 15.6. The van der Waals surface area contributed by atoms with E-state index in [-0.39, 0.29) is 18.4 Å². The van der Waals surface area contributed by atoms with E-state index in [9.17, 15) is 9.59 Å². The van der Waals surface area contributed by atoms with Crippen molar-refractivity contribution in [1.82, 2.24) is 14.8 Å². The van der Waals surface area contributed by atoms with Gasteiger partial charge in [-0.3, -0.25) is 9.59 Å². The van der Waals surface area contributed by atoms with E-state index in [0.29, 0.717) is 42.6 Å². The third-order valence-electron chi connectivity index (χ3n) is 5.64. The average molecular weight is 450 g/mol. The molecule has 1 unspecified atom stereocenters. The number of para-hydroxylation sites is 2. The molecule has 1 fully saturated rings. The van der Waals surface area contributed by atoms with E-state index in [1.807, 2.05) is 55.5 Å². The Hall–Kier alpha value is -3.39. The van der Waals surface area contributed by atoms with Crippen LogP contribution < -0.4 is 9.47 Å². The minimum atomic E-state index is -0.666. The van der Waals surface area contributed by atoms with Crippen molar-refractivity contribution in [1.29, 1.82) is 0 Å². The molecular formula is C24H23N3O4S. The number of hydrogen-bond acceptors (Lipinski definition) is 6. The molecule has 3 heterocycles. The zero-order chi connectivity index (χ0) is 22.1. The molecule has 3 aromatic rings. The zero-order valence-electron chi connectivity index (χ0n) is 17.7. The number of benzene rings is 2. The molecule has 2 aromatic carbocycles. The van der Waals surface area contributed by atoms with E-state index in [4.69, 9.17) is 9.47 Å². The standard InChI is InChI=1S/C24H23N3O4S/c1-16-25-21(17-7-3-2-4-8-17)22(32-16)24(29)27-13-11-26(12-14-27)23(28)20-15-30-18-9-5-6-10-19(18)31-20/h2-10,20H,11-15H2,1H3. The number of rotatable bonds is 3. The zero-order valence-corrected chi connectivity index (χ0v) is 18.5. The number of hydrogen-bond donors (Lipinski definition) is 0. The van der Waals surface area contributed by atoms with Gasteiger partial charge in [0.25, 0.3) is 11.8 Å². The average Bonchev–Trinajstić information content (AvgIpc) is 3.25. The van der Waals surface area contributed by atoms with Gasteiger partial charge in [-0.1, -0.05) is 42.5 Å². The highest BCUT2D eigenvalue weighted by atomic mass is 32.1. The Labute approximate surface area is 190 Å². The summed E-state index contributed by atoms with van der Waals surface area (Å²) in [6.45, 7) is 3.97. The molecule has 0 spiro atoms. The first kappa shape index (κ1) is 20.5. The summed E-state index contributed by atoms with van der Waals surface area (Å²) in [6.07, 6.45) is -0.666. The van der Waals surface area contributed by atoms with E-state index < -0.39 is 6.10 Å². The molecule has 0 saturated carbocycles. The van der Waals surface area contributed by atoms with Crippen molar-refractivity contribution >= 4 is 23.2 Å². The molecule has 164 valence electrons. The summed E-state index contributed by atoms with van der Waals surface area (Å²) in [5.41, 5.74) is 1.66. The van der Waals surface area contributed by atoms with Gasteiger partial charge in [-0.2, -0.15) is 0 Å². The lowest BCUT2D eigenvalue weighted by Gasteiger charge is -2.37. The third kappa shape index (κ3) is 3.93. The number of ether oxygens (including phenoxy) is 2. The molecule has 2 amide bonds.